The van der Waals surface area contributed by atoms with Gasteiger partial charge < -0.3 is 4.74 Å². The first kappa shape index (κ1) is 13.1. The fraction of sp³-hybridized carbons (Fsp3) is 0.308. The van der Waals surface area contributed by atoms with Gasteiger partial charge in [0.25, 0.3) is 5.69 Å². The fourth-order valence-electron chi connectivity index (χ4n) is 1.75. The van der Waals surface area contributed by atoms with Crippen LogP contribution >= 0.6 is 0 Å². The highest BCUT2D eigenvalue weighted by atomic mass is 16.6. The van der Waals surface area contributed by atoms with E-state index in [2.05, 4.69) is 0 Å². The number of non-ortho nitro benzene ring substituents is 1. The maximum atomic E-state index is 11.7. The Morgan fingerprint density at radius 3 is 2.68 bits per heavy atom. The molecule has 19 heavy (non-hydrogen) atoms. The number of nitro benzene ring substituents is 1. The summed E-state index contributed by atoms with van der Waals surface area (Å²) in [5.41, 5.74) is 0.744. The molecule has 1 aromatic carbocycles. The average Bonchev–Trinajstić information content (AvgIpc) is 2.46. The molecule has 0 fully saturated rings. The lowest BCUT2D eigenvalue weighted by molar-refractivity contribution is -0.384. The average molecular weight is 262 g/mol. The van der Waals surface area contributed by atoms with Crippen molar-refractivity contribution in [2.75, 3.05) is 6.54 Å². The summed E-state index contributed by atoms with van der Waals surface area (Å²) in [5, 5.41) is 10.5. The molecule has 0 saturated carbocycles. The Balaban J connectivity index is 1.87. The van der Waals surface area contributed by atoms with Crippen molar-refractivity contribution in [3.63, 3.8) is 0 Å². The molecule has 1 aliphatic heterocycles. The summed E-state index contributed by atoms with van der Waals surface area (Å²) in [6.45, 7) is 0.775. The zero-order valence-electron chi connectivity index (χ0n) is 10.3. The van der Waals surface area contributed by atoms with E-state index >= 15 is 0 Å². The Bertz CT molecular complexity index is 496. The molecule has 0 bridgehead atoms. The summed E-state index contributed by atoms with van der Waals surface area (Å²) < 4.78 is 5.13. The summed E-state index contributed by atoms with van der Waals surface area (Å²) in [7, 11) is 0. The zero-order valence-corrected chi connectivity index (χ0v) is 10.3. The third kappa shape index (κ3) is 3.54. The summed E-state index contributed by atoms with van der Waals surface area (Å²) >= 11 is 0. The minimum atomic E-state index is -0.464. The molecule has 0 atom stereocenters. The lowest BCUT2D eigenvalue weighted by atomic mass is 10.2. The Morgan fingerprint density at radius 2 is 2.11 bits per heavy atom. The quantitative estimate of drug-likeness (QED) is 0.620. The minimum absolute atomic E-state index is 0.0223. The number of hydrogen-bond acceptors (Lipinski definition) is 4. The number of amides is 1. The van der Waals surface area contributed by atoms with Gasteiger partial charge in [-0.05, 0) is 30.5 Å². The Hall–Kier alpha value is -2.37. The SMILES string of the molecule is O=C(OCc1ccc([N+](=O)[O-])cc1)N1C=CCCC1. The molecule has 1 amide bonds. The third-order valence-electron chi connectivity index (χ3n) is 2.80. The normalized spacial score (nSPS) is 14.2. The molecule has 100 valence electrons. The second kappa shape index (κ2) is 5.99. The summed E-state index contributed by atoms with van der Waals surface area (Å²) in [6.07, 6.45) is 5.17. The number of nitrogens with zero attached hydrogens (tertiary/aromatic N) is 2. The molecule has 6 heteroatoms. The first-order valence-corrected chi connectivity index (χ1v) is 6.00. The van der Waals surface area contributed by atoms with Gasteiger partial charge in [0.1, 0.15) is 6.61 Å². The van der Waals surface area contributed by atoms with Gasteiger partial charge in [0, 0.05) is 24.9 Å². The van der Waals surface area contributed by atoms with Gasteiger partial charge in [-0.1, -0.05) is 6.08 Å². The van der Waals surface area contributed by atoms with E-state index in [4.69, 9.17) is 4.74 Å². The van der Waals surface area contributed by atoms with Crippen LogP contribution < -0.4 is 0 Å². The van der Waals surface area contributed by atoms with E-state index in [0.717, 1.165) is 18.4 Å². The highest BCUT2D eigenvalue weighted by Gasteiger charge is 2.14. The van der Waals surface area contributed by atoms with Gasteiger partial charge in [0.15, 0.2) is 0 Å². The molecule has 6 nitrogen and oxygen atoms in total. The standard InChI is InChI=1S/C13H14N2O4/c16-13(14-8-2-1-3-9-14)19-10-11-4-6-12(7-5-11)15(17)18/h2,4-8H,1,3,9-10H2. The van der Waals surface area contributed by atoms with Gasteiger partial charge in [-0.25, -0.2) is 4.79 Å². The maximum Gasteiger partial charge on any atom is 0.414 e. The number of carbonyl (C=O) groups is 1. The Morgan fingerprint density at radius 1 is 1.37 bits per heavy atom. The van der Waals surface area contributed by atoms with Crippen molar-refractivity contribution in [1.29, 1.82) is 0 Å². The second-order valence-corrected chi connectivity index (χ2v) is 4.20. The molecule has 0 spiro atoms. The monoisotopic (exact) mass is 262 g/mol. The summed E-state index contributed by atoms with van der Waals surface area (Å²) in [5.74, 6) is 0. The summed E-state index contributed by atoms with van der Waals surface area (Å²) in [6, 6.07) is 5.95. The first-order valence-electron chi connectivity index (χ1n) is 6.00. The molecule has 2 rings (SSSR count). The van der Waals surface area contributed by atoms with Crippen LogP contribution in [0.3, 0.4) is 0 Å². The van der Waals surface area contributed by atoms with E-state index in [0.29, 0.717) is 6.54 Å². The zero-order chi connectivity index (χ0) is 13.7. The second-order valence-electron chi connectivity index (χ2n) is 4.20. The predicted molar refractivity (Wildman–Crippen MR) is 68.4 cm³/mol. The number of hydrogen-bond donors (Lipinski definition) is 0. The molecule has 0 radical (unpaired) electrons. The Labute approximate surface area is 110 Å². The molecular formula is C13H14N2O4. The minimum Gasteiger partial charge on any atom is -0.444 e. The van der Waals surface area contributed by atoms with Crippen LogP contribution in [0.2, 0.25) is 0 Å². The number of allylic oxidation sites excluding steroid dienone is 1. The van der Waals surface area contributed by atoms with Crippen molar-refractivity contribution in [2.24, 2.45) is 0 Å². The lowest BCUT2D eigenvalue weighted by Crippen LogP contribution is -2.29. The van der Waals surface area contributed by atoms with Crippen molar-refractivity contribution in [3.05, 3.63) is 52.2 Å². The smallest absolute Gasteiger partial charge is 0.414 e. The largest absolute Gasteiger partial charge is 0.444 e. The van der Waals surface area contributed by atoms with E-state index in [1.807, 2.05) is 6.08 Å². The van der Waals surface area contributed by atoms with Crippen molar-refractivity contribution in [3.8, 4) is 0 Å². The molecular weight excluding hydrogens is 248 g/mol. The van der Waals surface area contributed by atoms with Gasteiger partial charge in [0.05, 0.1) is 4.92 Å². The van der Waals surface area contributed by atoms with Crippen LogP contribution in [0, 0.1) is 10.1 Å². The summed E-state index contributed by atoms with van der Waals surface area (Å²) in [4.78, 5) is 23.2. The number of benzene rings is 1. The Kier molecular flexibility index (Phi) is 4.12. The van der Waals surface area contributed by atoms with Gasteiger partial charge in [0.2, 0.25) is 0 Å². The third-order valence-corrected chi connectivity index (χ3v) is 2.80. The van der Waals surface area contributed by atoms with E-state index in [9.17, 15) is 14.9 Å². The highest BCUT2D eigenvalue weighted by molar-refractivity contribution is 5.69. The maximum absolute atomic E-state index is 11.7. The van der Waals surface area contributed by atoms with Crippen molar-refractivity contribution >= 4 is 11.8 Å². The van der Waals surface area contributed by atoms with Crippen LogP contribution in [0.5, 0.6) is 0 Å². The van der Waals surface area contributed by atoms with E-state index in [1.54, 1.807) is 18.3 Å². The van der Waals surface area contributed by atoms with Gasteiger partial charge in [-0.15, -0.1) is 0 Å². The van der Waals surface area contributed by atoms with Crippen molar-refractivity contribution in [2.45, 2.75) is 19.4 Å². The molecule has 0 aromatic heterocycles. The first-order chi connectivity index (χ1) is 9.16. The molecule has 0 aliphatic carbocycles. The molecule has 1 aromatic rings. The van der Waals surface area contributed by atoms with Crippen LogP contribution in [0.4, 0.5) is 10.5 Å². The predicted octanol–water partition coefficient (Wildman–Crippen LogP) is 2.84. The molecule has 0 saturated heterocycles. The van der Waals surface area contributed by atoms with Crippen LogP contribution in [0.25, 0.3) is 0 Å². The van der Waals surface area contributed by atoms with Crippen LogP contribution in [0.1, 0.15) is 18.4 Å². The fourth-order valence-corrected chi connectivity index (χ4v) is 1.75. The van der Waals surface area contributed by atoms with Crippen LogP contribution in [-0.4, -0.2) is 22.5 Å². The topological polar surface area (TPSA) is 72.7 Å². The van der Waals surface area contributed by atoms with E-state index in [-0.39, 0.29) is 12.3 Å². The molecule has 1 aliphatic rings. The van der Waals surface area contributed by atoms with E-state index < -0.39 is 11.0 Å². The van der Waals surface area contributed by atoms with Crippen LogP contribution in [-0.2, 0) is 11.3 Å². The number of ether oxygens (including phenoxy) is 1. The number of rotatable bonds is 3. The van der Waals surface area contributed by atoms with Crippen molar-refractivity contribution in [1.82, 2.24) is 4.90 Å². The molecule has 0 N–H and O–H groups in total. The molecule has 1 heterocycles. The van der Waals surface area contributed by atoms with E-state index in [1.165, 1.54) is 17.0 Å². The van der Waals surface area contributed by atoms with Gasteiger partial charge in [-0.2, -0.15) is 0 Å². The molecule has 0 unspecified atom stereocenters. The highest BCUT2D eigenvalue weighted by Crippen LogP contribution is 2.13. The van der Waals surface area contributed by atoms with Gasteiger partial charge in [-0.3, -0.25) is 15.0 Å². The van der Waals surface area contributed by atoms with Crippen LogP contribution in [0.15, 0.2) is 36.5 Å². The van der Waals surface area contributed by atoms with Crippen molar-refractivity contribution < 1.29 is 14.5 Å². The lowest BCUT2D eigenvalue weighted by Gasteiger charge is -2.20. The number of nitro groups is 1. The van der Waals surface area contributed by atoms with Gasteiger partial charge >= 0.3 is 6.09 Å². The number of carbonyl (C=O) groups excluding carboxylic acids is 1.